The number of nitrogens with one attached hydrogen (secondary N) is 1. The SMILES string of the molecule is COc1cc(C=C(C#N)C(=O)Nc2nc(SCC(C)C)ns2)cc(OC)c1OC. The van der Waals surface area contributed by atoms with Gasteiger partial charge >= 0.3 is 0 Å². The third kappa shape index (κ3) is 6.10. The van der Waals surface area contributed by atoms with Gasteiger partial charge in [-0.2, -0.15) is 14.6 Å². The highest BCUT2D eigenvalue weighted by molar-refractivity contribution is 7.99. The van der Waals surface area contributed by atoms with E-state index in [2.05, 4.69) is 28.5 Å². The van der Waals surface area contributed by atoms with Crippen molar-refractivity contribution >= 4 is 40.4 Å². The number of benzene rings is 1. The van der Waals surface area contributed by atoms with Gasteiger partial charge in [0, 0.05) is 17.3 Å². The van der Waals surface area contributed by atoms with Crippen LogP contribution in [-0.2, 0) is 4.79 Å². The summed E-state index contributed by atoms with van der Waals surface area (Å²) in [5.74, 6) is 2.09. The maximum absolute atomic E-state index is 12.5. The van der Waals surface area contributed by atoms with Crippen LogP contribution in [0.2, 0.25) is 0 Å². The predicted molar refractivity (Wildman–Crippen MR) is 114 cm³/mol. The third-order valence-corrected chi connectivity index (χ3v) is 5.56. The monoisotopic (exact) mass is 434 g/mol. The van der Waals surface area contributed by atoms with Crippen LogP contribution >= 0.6 is 23.3 Å². The first-order valence-corrected chi connectivity index (χ1v) is 10.4. The number of carbonyl (C=O) groups excluding carboxylic acids is 1. The molecule has 2 aromatic rings. The lowest BCUT2D eigenvalue weighted by Gasteiger charge is -2.13. The van der Waals surface area contributed by atoms with Gasteiger partial charge in [0.05, 0.1) is 21.3 Å². The summed E-state index contributed by atoms with van der Waals surface area (Å²) in [5, 5.41) is 13.0. The molecule has 1 heterocycles. The van der Waals surface area contributed by atoms with E-state index >= 15 is 0 Å². The zero-order valence-corrected chi connectivity index (χ0v) is 18.4. The van der Waals surface area contributed by atoms with Gasteiger partial charge in [0.1, 0.15) is 11.6 Å². The first kappa shape index (κ1) is 22.5. The molecular formula is C19H22N4O4S2. The standard InChI is InChI=1S/C19H22N4O4S2/c1-11(2)10-28-19-22-18(29-23-19)21-17(24)13(9-20)6-12-7-14(25-3)16(27-5)15(8-12)26-4/h6-8,11H,10H2,1-5H3,(H,21,22,23,24). The minimum absolute atomic E-state index is 0.0918. The van der Waals surface area contributed by atoms with Gasteiger partial charge in [-0.15, -0.1) is 0 Å². The van der Waals surface area contributed by atoms with Gasteiger partial charge < -0.3 is 14.2 Å². The Labute approximate surface area is 178 Å². The molecule has 1 N–H and O–H groups in total. The van der Waals surface area contributed by atoms with E-state index in [-0.39, 0.29) is 5.57 Å². The molecule has 29 heavy (non-hydrogen) atoms. The molecule has 0 spiro atoms. The van der Waals surface area contributed by atoms with Gasteiger partial charge in [0.15, 0.2) is 11.5 Å². The second kappa shape index (κ2) is 10.7. The molecule has 0 aliphatic rings. The number of rotatable bonds is 9. The number of carbonyl (C=O) groups is 1. The van der Waals surface area contributed by atoms with Crippen molar-refractivity contribution in [3.05, 3.63) is 23.3 Å². The molecule has 0 aliphatic heterocycles. The highest BCUT2D eigenvalue weighted by Gasteiger charge is 2.16. The van der Waals surface area contributed by atoms with Crippen LogP contribution in [0.3, 0.4) is 0 Å². The number of nitrogens with zero attached hydrogens (tertiary/aromatic N) is 3. The van der Waals surface area contributed by atoms with Crippen LogP contribution in [0.1, 0.15) is 19.4 Å². The first-order valence-electron chi connectivity index (χ1n) is 8.61. The van der Waals surface area contributed by atoms with E-state index in [0.29, 0.717) is 39.0 Å². The lowest BCUT2D eigenvalue weighted by molar-refractivity contribution is -0.112. The second-order valence-electron chi connectivity index (χ2n) is 6.17. The fourth-order valence-electron chi connectivity index (χ4n) is 2.22. The number of anilines is 1. The number of ether oxygens (including phenoxy) is 3. The summed E-state index contributed by atoms with van der Waals surface area (Å²) in [6, 6.07) is 5.21. The summed E-state index contributed by atoms with van der Waals surface area (Å²) < 4.78 is 20.1. The maximum Gasteiger partial charge on any atom is 0.268 e. The maximum atomic E-state index is 12.5. The Morgan fingerprint density at radius 2 is 1.93 bits per heavy atom. The first-order chi connectivity index (χ1) is 13.9. The van der Waals surface area contributed by atoms with Gasteiger partial charge in [0.25, 0.3) is 5.91 Å². The zero-order chi connectivity index (χ0) is 21.4. The summed E-state index contributed by atoms with van der Waals surface area (Å²) in [6.45, 7) is 4.21. The molecule has 0 aliphatic carbocycles. The van der Waals surface area contributed by atoms with Crippen molar-refractivity contribution in [3.63, 3.8) is 0 Å². The van der Waals surface area contributed by atoms with Crippen LogP contribution in [0.25, 0.3) is 6.08 Å². The van der Waals surface area contributed by atoms with E-state index in [0.717, 1.165) is 17.3 Å². The van der Waals surface area contributed by atoms with Crippen molar-refractivity contribution in [1.82, 2.24) is 9.36 Å². The van der Waals surface area contributed by atoms with Crippen molar-refractivity contribution in [1.29, 1.82) is 5.26 Å². The topological polar surface area (TPSA) is 106 Å². The molecule has 2 rings (SSSR count). The van der Waals surface area contributed by atoms with Gasteiger partial charge in [-0.05, 0) is 29.7 Å². The lowest BCUT2D eigenvalue weighted by atomic mass is 10.1. The van der Waals surface area contributed by atoms with E-state index in [1.165, 1.54) is 39.2 Å². The van der Waals surface area contributed by atoms with Crippen LogP contribution in [0, 0.1) is 17.2 Å². The fourth-order valence-corrected chi connectivity index (χ4v) is 3.71. The smallest absolute Gasteiger partial charge is 0.268 e. The zero-order valence-electron chi connectivity index (χ0n) is 16.8. The number of hydrogen-bond acceptors (Lipinski definition) is 9. The normalized spacial score (nSPS) is 11.1. The van der Waals surface area contributed by atoms with Crippen LogP contribution in [0.15, 0.2) is 22.9 Å². The van der Waals surface area contributed by atoms with Crippen LogP contribution in [0.4, 0.5) is 5.13 Å². The average Bonchev–Trinajstić information content (AvgIpc) is 3.16. The molecule has 0 radical (unpaired) electrons. The van der Waals surface area contributed by atoms with Gasteiger partial charge in [-0.25, -0.2) is 0 Å². The molecule has 0 atom stereocenters. The van der Waals surface area contributed by atoms with Gasteiger partial charge in [-0.1, -0.05) is 25.6 Å². The summed E-state index contributed by atoms with van der Waals surface area (Å²) in [4.78, 5) is 16.8. The number of amides is 1. The van der Waals surface area contributed by atoms with Crippen molar-refractivity contribution < 1.29 is 19.0 Å². The number of nitriles is 1. The van der Waals surface area contributed by atoms with Gasteiger partial charge in [0.2, 0.25) is 16.0 Å². The summed E-state index contributed by atoms with van der Waals surface area (Å²) in [7, 11) is 4.49. The molecule has 0 saturated carbocycles. The van der Waals surface area contributed by atoms with E-state index in [1.807, 2.05) is 6.07 Å². The Bertz CT molecular complexity index is 910. The summed E-state index contributed by atoms with van der Waals surface area (Å²) in [5.41, 5.74) is 0.461. The Balaban J connectivity index is 2.21. The molecule has 0 unspecified atom stereocenters. The minimum atomic E-state index is -0.571. The van der Waals surface area contributed by atoms with E-state index in [1.54, 1.807) is 12.1 Å². The van der Waals surface area contributed by atoms with Crippen LogP contribution < -0.4 is 19.5 Å². The third-order valence-electron chi connectivity index (χ3n) is 3.54. The highest BCUT2D eigenvalue weighted by Crippen LogP contribution is 2.38. The largest absolute Gasteiger partial charge is 0.493 e. The average molecular weight is 435 g/mol. The molecule has 10 heteroatoms. The number of thioether (sulfide) groups is 1. The van der Waals surface area contributed by atoms with Crippen molar-refractivity contribution in [2.75, 3.05) is 32.4 Å². The van der Waals surface area contributed by atoms with Crippen molar-refractivity contribution in [2.24, 2.45) is 5.92 Å². The molecule has 0 bridgehead atoms. The number of hydrogen-bond donors (Lipinski definition) is 1. The molecular weight excluding hydrogens is 412 g/mol. The molecule has 0 saturated heterocycles. The molecule has 154 valence electrons. The van der Waals surface area contributed by atoms with Crippen molar-refractivity contribution in [3.8, 4) is 23.3 Å². The van der Waals surface area contributed by atoms with E-state index in [9.17, 15) is 10.1 Å². The summed E-state index contributed by atoms with van der Waals surface area (Å²) >= 11 is 2.60. The number of aromatic nitrogens is 2. The Hall–Kier alpha value is -2.77. The molecule has 1 aromatic carbocycles. The quantitative estimate of drug-likeness (QED) is 0.360. The molecule has 8 nitrogen and oxygen atoms in total. The minimum Gasteiger partial charge on any atom is -0.493 e. The fraction of sp³-hybridized carbons (Fsp3) is 0.368. The summed E-state index contributed by atoms with van der Waals surface area (Å²) in [6.07, 6.45) is 1.44. The molecule has 0 fully saturated rings. The predicted octanol–water partition coefficient (Wildman–Crippen LogP) is 3.86. The van der Waals surface area contributed by atoms with Gasteiger partial charge in [-0.3, -0.25) is 10.1 Å². The lowest BCUT2D eigenvalue weighted by Crippen LogP contribution is -2.13. The van der Waals surface area contributed by atoms with E-state index in [4.69, 9.17) is 14.2 Å². The van der Waals surface area contributed by atoms with Crippen molar-refractivity contribution in [2.45, 2.75) is 19.0 Å². The van der Waals surface area contributed by atoms with Crippen LogP contribution in [0.5, 0.6) is 17.2 Å². The molecule has 1 amide bonds. The Morgan fingerprint density at radius 1 is 1.28 bits per heavy atom. The Kier molecular flexibility index (Phi) is 8.30. The highest BCUT2D eigenvalue weighted by atomic mass is 32.2. The molecule has 1 aromatic heterocycles. The number of methoxy groups -OCH3 is 3. The van der Waals surface area contributed by atoms with Crippen LogP contribution in [-0.4, -0.2) is 42.3 Å². The van der Waals surface area contributed by atoms with E-state index < -0.39 is 5.91 Å². The Morgan fingerprint density at radius 3 is 2.45 bits per heavy atom. The second-order valence-corrected chi connectivity index (χ2v) is 7.91.